The van der Waals surface area contributed by atoms with Crippen molar-refractivity contribution in [2.45, 2.75) is 25.0 Å². The summed E-state index contributed by atoms with van der Waals surface area (Å²) < 4.78 is 0. The molecule has 4 nitrogen and oxygen atoms in total. The van der Waals surface area contributed by atoms with Crippen molar-refractivity contribution >= 4 is 0 Å². The Bertz CT molecular complexity index is 396. The van der Waals surface area contributed by atoms with Gasteiger partial charge >= 0.3 is 0 Å². The van der Waals surface area contributed by atoms with Crippen LogP contribution in [0.4, 0.5) is 0 Å². The minimum atomic E-state index is -0.279. The van der Waals surface area contributed by atoms with Gasteiger partial charge in [-0.1, -0.05) is 30.3 Å². The Labute approximate surface area is 128 Å². The molecule has 1 aromatic rings. The zero-order valence-corrected chi connectivity index (χ0v) is 13.3. The molecule has 1 aliphatic rings. The third-order valence-electron chi connectivity index (χ3n) is 4.05. The summed E-state index contributed by atoms with van der Waals surface area (Å²) in [5.74, 6) is 0. The van der Waals surface area contributed by atoms with E-state index in [0.29, 0.717) is 12.6 Å². The average Bonchev–Trinajstić information content (AvgIpc) is 2.91. The number of nitrogens with one attached hydrogen (secondary N) is 1. The largest absolute Gasteiger partial charge is 0.390 e. The van der Waals surface area contributed by atoms with Crippen LogP contribution >= 0.6 is 0 Å². The van der Waals surface area contributed by atoms with Gasteiger partial charge in [0.05, 0.1) is 6.10 Å². The molecule has 1 fully saturated rings. The topological polar surface area (TPSA) is 38.7 Å². The number of likely N-dealkylation sites (N-methyl/N-ethyl adjacent to an activating group) is 1. The van der Waals surface area contributed by atoms with Gasteiger partial charge in [-0.2, -0.15) is 0 Å². The van der Waals surface area contributed by atoms with Crippen LogP contribution in [0.15, 0.2) is 30.3 Å². The molecular weight excluding hydrogens is 262 g/mol. The lowest BCUT2D eigenvalue weighted by molar-refractivity contribution is 0.131. The summed E-state index contributed by atoms with van der Waals surface area (Å²) in [5, 5.41) is 13.4. The maximum atomic E-state index is 9.88. The Hall–Kier alpha value is -0.940. The first kappa shape index (κ1) is 16.4. The number of aliphatic hydroxyl groups excluding tert-OH is 1. The first-order valence-electron chi connectivity index (χ1n) is 7.96. The lowest BCUT2D eigenvalue weighted by atomic mass is 10.1. The van der Waals surface area contributed by atoms with E-state index in [1.165, 1.54) is 12.0 Å². The second kappa shape index (κ2) is 8.49. The van der Waals surface area contributed by atoms with E-state index in [0.717, 1.165) is 32.6 Å². The predicted octanol–water partition coefficient (Wildman–Crippen LogP) is 0.816. The Balaban J connectivity index is 1.62. The number of benzene rings is 1. The van der Waals surface area contributed by atoms with Crippen molar-refractivity contribution in [1.29, 1.82) is 0 Å². The van der Waals surface area contributed by atoms with Crippen molar-refractivity contribution in [3.63, 3.8) is 0 Å². The van der Waals surface area contributed by atoms with Crippen LogP contribution in [-0.2, 0) is 6.42 Å². The zero-order chi connectivity index (χ0) is 15.1. The standard InChI is InChI=1S/C17H29N3O/c1-19(2)14-17(21)12-18-16-9-11-20(13-16)10-8-15-6-4-3-5-7-15/h3-7,16-18,21H,8-14H2,1-2H3. The van der Waals surface area contributed by atoms with Crippen molar-refractivity contribution in [2.75, 3.05) is 46.8 Å². The minimum absolute atomic E-state index is 0.279. The minimum Gasteiger partial charge on any atom is -0.390 e. The Morgan fingerprint density at radius 2 is 2.10 bits per heavy atom. The first-order chi connectivity index (χ1) is 10.1. The van der Waals surface area contributed by atoms with Crippen LogP contribution in [0.3, 0.4) is 0 Å². The molecule has 2 unspecified atom stereocenters. The van der Waals surface area contributed by atoms with Crippen LogP contribution in [0.2, 0.25) is 0 Å². The fraction of sp³-hybridized carbons (Fsp3) is 0.647. The molecule has 118 valence electrons. The Morgan fingerprint density at radius 1 is 1.33 bits per heavy atom. The average molecular weight is 291 g/mol. The van der Waals surface area contributed by atoms with Crippen molar-refractivity contribution in [3.8, 4) is 0 Å². The van der Waals surface area contributed by atoms with Gasteiger partial charge in [0, 0.05) is 32.2 Å². The highest BCUT2D eigenvalue weighted by molar-refractivity contribution is 5.14. The van der Waals surface area contributed by atoms with E-state index in [4.69, 9.17) is 0 Å². The summed E-state index contributed by atoms with van der Waals surface area (Å²) in [7, 11) is 3.98. The molecule has 2 rings (SSSR count). The van der Waals surface area contributed by atoms with E-state index >= 15 is 0 Å². The third-order valence-corrected chi connectivity index (χ3v) is 4.05. The molecule has 0 aliphatic carbocycles. The molecule has 0 aromatic heterocycles. The second-order valence-electron chi connectivity index (χ2n) is 6.35. The molecule has 21 heavy (non-hydrogen) atoms. The van der Waals surface area contributed by atoms with Gasteiger partial charge in [-0.15, -0.1) is 0 Å². The lowest BCUT2D eigenvalue weighted by Gasteiger charge is -2.20. The fourth-order valence-corrected chi connectivity index (χ4v) is 2.92. The molecule has 1 aliphatic heterocycles. The van der Waals surface area contributed by atoms with E-state index in [-0.39, 0.29) is 6.10 Å². The molecule has 2 atom stereocenters. The maximum Gasteiger partial charge on any atom is 0.0791 e. The van der Waals surface area contributed by atoms with Crippen LogP contribution in [-0.4, -0.2) is 73.9 Å². The summed E-state index contributed by atoms with van der Waals surface area (Å²) >= 11 is 0. The van der Waals surface area contributed by atoms with Crippen LogP contribution in [0, 0.1) is 0 Å². The molecule has 1 aromatic carbocycles. The smallest absolute Gasteiger partial charge is 0.0791 e. The monoisotopic (exact) mass is 291 g/mol. The number of nitrogens with zero attached hydrogens (tertiary/aromatic N) is 2. The van der Waals surface area contributed by atoms with Crippen LogP contribution in [0.1, 0.15) is 12.0 Å². The first-order valence-corrected chi connectivity index (χ1v) is 7.96. The van der Waals surface area contributed by atoms with Gasteiger partial charge in [0.15, 0.2) is 0 Å². The van der Waals surface area contributed by atoms with E-state index in [9.17, 15) is 5.11 Å². The molecule has 2 N–H and O–H groups in total. The molecule has 0 bridgehead atoms. The van der Waals surface area contributed by atoms with Crippen molar-refractivity contribution in [3.05, 3.63) is 35.9 Å². The maximum absolute atomic E-state index is 9.88. The summed E-state index contributed by atoms with van der Waals surface area (Å²) in [6.45, 7) is 4.80. The number of rotatable bonds is 8. The van der Waals surface area contributed by atoms with E-state index in [1.807, 2.05) is 19.0 Å². The Morgan fingerprint density at radius 3 is 2.81 bits per heavy atom. The van der Waals surface area contributed by atoms with Gasteiger partial charge in [0.25, 0.3) is 0 Å². The molecular formula is C17H29N3O. The van der Waals surface area contributed by atoms with Crippen LogP contribution in [0.5, 0.6) is 0 Å². The van der Waals surface area contributed by atoms with E-state index in [2.05, 4.69) is 40.5 Å². The quantitative estimate of drug-likeness (QED) is 0.744. The number of hydrogen-bond donors (Lipinski definition) is 2. The third kappa shape index (κ3) is 6.14. The van der Waals surface area contributed by atoms with Gasteiger partial charge in [-0.25, -0.2) is 0 Å². The summed E-state index contributed by atoms with van der Waals surface area (Å²) in [4.78, 5) is 4.54. The number of hydrogen-bond acceptors (Lipinski definition) is 4. The summed E-state index contributed by atoms with van der Waals surface area (Å²) in [5.41, 5.74) is 1.41. The normalized spacial score (nSPS) is 21.0. The van der Waals surface area contributed by atoms with Gasteiger partial charge < -0.3 is 20.2 Å². The highest BCUT2D eigenvalue weighted by atomic mass is 16.3. The van der Waals surface area contributed by atoms with Crippen molar-refractivity contribution in [2.24, 2.45) is 0 Å². The van der Waals surface area contributed by atoms with Gasteiger partial charge in [-0.3, -0.25) is 0 Å². The van der Waals surface area contributed by atoms with E-state index < -0.39 is 0 Å². The number of aliphatic hydroxyl groups is 1. The molecule has 0 saturated carbocycles. The predicted molar refractivity (Wildman–Crippen MR) is 87.6 cm³/mol. The lowest BCUT2D eigenvalue weighted by Crippen LogP contribution is -2.41. The summed E-state index contributed by atoms with van der Waals surface area (Å²) in [6, 6.07) is 11.2. The van der Waals surface area contributed by atoms with Crippen LogP contribution in [0.25, 0.3) is 0 Å². The van der Waals surface area contributed by atoms with Crippen molar-refractivity contribution < 1.29 is 5.11 Å². The molecule has 0 radical (unpaired) electrons. The number of likely N-dealkylation sites (tertiary alicyclic amines) is 1. The highest BCUT2D eigenvalue weighted by Gasteiger charge is 2.22. The van der Waals surface area contributed by atoms with E-state index in [1.54, 1.807) is 0 Å². The Kier molecular flexibility index (Phi) is 6.64. The second-order valence-corrected chi connectivity index (χ2v) is 6.35. The van der Waals surface area contributed by atoms with Gasteiger partial charge in [-0.05, 0) is 39.0 Å². The molecule has 4 heteroatoms. The molecule has 1 heterocycles. The molecule has 0 spiro atoms. The highest BCUT2D eigenvalue weighted by Crippen LogP contribution is 2.10. The molecule has 0 amide bonds. The summed E-state index contributed by atoms with van der Waals surface area (Å²) in [6.07, 6.45) is 2.03. The van der Waals surface area contributed by atoms with Crippen molar-refractivity contribution in [1.82, 2.24) is 15.1 Å². The van der Waals surface area contributed by atoms with Crippen LogP contribution < -0.4 is 5.32 Å². The molecule has 1 saturated heterocycles. The SMILES string of the molecule is CN(C)CC(O)CNC1CCN(CCc2ccccc2)C1. The van der Waals surface area contributed by atoms with Gasteiger partial charge in [0.2, 0.25) is 0 Å². The zero-order valence-electron chi connectivity index (χ0n) is 13.3. The van der Waals surface area contributed by atoms with Gasteiger partial charge in [0.1, 0.15) is 0 Å². The fourth-order valence-electron chi connectivity index (χ4n) is 2.92.